The minimum Gasteiger partial charge on any atom is -0.310 e. The third kappa shape index (κ3) is 2.74. The number of hydrogen-bond acceptors (Lipinski definition) is 1. The minimum absolute atomic E-state index is 0.277. The van der Waals surface area contributed by atoms with E-state index >= 15 is 0 Å². The molecular weight excluding hydrogens is 225 g/mol. The van der Waals surface area contributed by atoms with Crippen LogP contribution < -0.4 is 5.32 Å². The van der Waals surface area contributed by atoms with Crippen molar-refractivity contribution in [2.24, 2.45) is 5.92 Å². The van der Waals surface area contributed by atoms with E-state index in [1.54, 1.807) is 6.07 Å². The highest BCUT2D eigenvalue weighted by atomic mass is 35.5. The van der Waals surface area contributed by atoms with Gasteiger partial charge in [0.05, 0.1) is 0 Å². The Morgan fingerprint density at radius 3 is 2.81 bits per heavy atom. The lowest BCUT2D eigenvalue weighted by Gasteiger charge is -2.32. The van der Waals surface area contributed by atoms with E-state index in [0.29, 0.717) is 11.1 Å². The molecule has 1 aliphatic carbocycles. The molecule has 1 atom stereocenters. The highest BCUT2D eigenvalue weighted by Gasteiger charge is 2.23. The third-order valence-corrected chi connectivity index (χ3v) is 3.84. The van der Waals surface area contributed by atoms with Gasteiger partial charge in [0, 0.05) is 17.6 Å². The fourth-order valence-corrected chi connectivity index (χ4v) is 2.28. The molecule has 1 aromatic rings. The average molecular weight is 242 g/mol. The zero-order valence-electron chi connectivity index (χ0n) is 9.47. The van der Waals surface area contributed by atoms with Gasteiger partial charge in [-0.05, 0) is 43.4 Å². The van der Waals surface area contributed by atoms with Gasteiger partial charge in [0.1, 0.15) is 5.82 Å². The zero-order chi connectivity index (χ0) is 11.5. The molecule has 88 valence electrons. The summed E-state index contributed by atoms with van der Waals surface area (Å²) in [6, 6.07) is 5.09. The molecule has 0 aliphatic heterocycles. The maximum absolute atomic E-state index is 12.8. The Morgan fingerprint density at radius 2 is 2.25 bits per heavy atom. The predicted molar refractivity (Wildman–Crippen MR) is 65.1 cm³/mol. The summed E-state index contributed by atoms with van der Waals surface area (Å²) in [5.41, 5.74) is 0.967. The summed E-state index contributed by atoms with van der Waals surface area (Å²) in [5, 5.41) is 3.96. The first-order valence-corrected chi connectivity index (χ1v) is 6.22. The smallest absolute Gasteiger partial charge is 0.124 e. The number of nitrogens with one attached hydrogen (secondary N) is 1. The van der Waals surface area contributed by atoms with Crippen molar-refractivity contribution in [3.05, 3.63) is 34.6 Å². The standard InChI is InChI=1S/C13H17ClFN/c1-9(10-3-2-4-10)16-8-11-5-6-12(15)7-13(11)14/h5-7,9-10,16H,2-4,8H2,1H3. The molecule has 0 amide bonds. The van der Waals surface area contributed by atoms with Gasteiger partial charge in [-0.1, -0.05) is 24.1 Å². The van der Waals surface area contributed by atoms with Gasteiger partial charge >= 0.3 is 0 Å². The number of hydrogen-bond donors (Lipinski definition) is 1. The number of rotatable bonds is 4. The molecule has 0 saturated heterocycles. The summed E-state index contributed by atoms with van der Waals surface area (Å²) in [6.07, 6.45) is 4.00. The summed E-state index contributed by atoms with van der Waals surface area (Å²) in [5.74, 6) is 0.528. The Hall–Kier alpha value is -0.600. The highest BCUT2D eigenvalue weighted by molar-refractivity contribution is 6.31. The summed E-state index contributed by atoms with van der Waals surface area (Å²) in [4.78, 5) is 0. The van der Waals surface area contributed by atoms with Crippen LogP contribution in [0.2, 0.25) is 5.02 Å². The van der Waals surface area contributed by atoms with Crippen molar-refractivity contribution >= 4 is 11.6 Å². The lowest BCUT2D eigenvalue weighted by molar-refractivity contribution is 0.240. The van der Waals surface area contributed by atoms with E-state index in [9.17, 15) is 4.39 Å². The van der Waals surface area contributed by atoms with Crippen LogP contribution in [0.5, 0.6) is 0 Å². The van der Waals surface area contributed by atoms with Crippen molar-refractivity contribution in [1.82, 2.24) is 5.32 Å². The van der Waals surface area contributed by atoms with Gasteiger partial charge in [-0.3, -0.25) is 0 Å². The Balaban J connectivity index is 1.88. The van der Waals surface area contributed by atoms with Crippen LogP contribution in [0.4, 0.5) is 4.39 Å². The van der Waals surface area contributed by atoms with E-state index in [-0.39, 0.29) is 5.82 Å². The zero-order valence-corrected chi connectivity index (χ0v) is 10.2. The molecule has 1 aromatic carbocycles. The summed E-state index contributed by atoms with van der Waals surface area (Å²) >= 11 is 5.96. The monoisotopic (exact) mass is 241 g/mol. The Bertz CT molecular complexity index is 363. The molecule has 1 nitrogen and oxygen atoms in total. The van der Waals surface area contributed by atoms with Crippen LogP contribution in [0.1, 0.15) is 31.7 Å². The van der Waals surface area contributed by atoms with E-state index in [1.807, 2.05) is 0 Å². The maximum atomic E-state index is 12.8. The van der Waals surface area contributed by atoms with Gasteiger partial charge < -0.3 is 5.32 Å². The van der Waals surface area contributed by atoms with Crippen LogP contribution in [0, 0.1) is 11.7 Å². The highest BCUT2D eigenvalue weighted by Crippen LogP contribution is 2.29. The molecule has 2 rings (SSSR count). The SMILES string of the molecule is CC(NCc1ccc(F)cc1Cl)C1CCC1. The molecular formula is C13H17ClFN. The molecule has 0 aromatic heterocycles. The fourth-order valence-electron chi connectivity index (χ4n) is 2.04. The second-order valence-electron chi connectivity index (χ2n) is 4.60. The van der Waals surface area contributed by atoms with Gasteiger partial charge in [-0.25, -0.2) is 4.39 Å². The third-order valence-electron chi connectivity index (χ3n) is 3.49. The lowest BCUT2D eigenvalue weighted by atomic mass is 9.80. The van der Waals surface area contributed by atoms with Crippen molar-refractivity contribution in [2.75, 3.05) is 0 Å². The minimum atomic E-state index is -0.277. The van der Waals surface area contributed by atoms with Gasteiger partial charge in [0.25, 0.3) is 0 Å². The number of halogens is 2. The Kier molecular flexibility index (Phi) is 3.82. The van der Waals surface area contributed by atoms with Crippen LogP contribution >= 0.6 is 11.6 Å². The van der Waals surface area contributed by atoms with Crippen LogP contribution in [0.3, 0.4) is 0 Å². The van der Waals surface area contributed by atoms with Gasteiger partial charge in [0.2, 0.25) is 0 Å². The first kappa shape index (κ1) is 11.9. The Labute approximate surface area is 101 Å². The normalized spacial score (nSPS) is 18.2. The first-order valence-electron chi connectivity index (χ1n) is 5.84. The summed E-state index contributed by atoms with van der Waals surface area (Å²) in [6.45, 7) is 2.93. The van der Waals surface area contributed by atoms with E-state index in [2.05, 4.69) is 12.2 Å². The van der Waals surface area contributed by atoms with Crippen molar-refractivity contribution in [2.45, 2.75) is 38.8 Å². The molecule has 1 saturated carbocycles. The Morgan fingerprint density at radius 1 is 1.50 bits per heavy atom. The van der Waals surface area contributed by atoms with E-state index in [1.165, 1.54) is 31.4 Å². The molecule has 3 heteroatoms. The van der Waals surface area contributed by atoms with Crippen molar-refractivity contribution in [1.29, 1.82) is 0 Å². The molecule has 0 heterocycles. The lowest BCUT2D eigenvalue weighted by Crippen LogP contribution is -2.36. The fraction of sp³-hybridized carbons (Fsp3) is 0.538. The molecule has 1 aliphatic rings. The quantitative estimate of drug-likeness (QED) is 0.847. The van der Waals surface area contributed by atoms with E-state index < -0.39 is 0 Å². The molecule has 1 fully saturated rings. The first-order chi connectivity index (χ1) is 7.66. The maximum Gasteiger partial charge on any atom is 0.124 e. The van der Waals surface area contributed by atoms with Gasteiger partial charge in [-0.15, -0.1) is 0 Å². The van der Waals surface area contributed by atoms with Crippen LogP contribution in [0.25, 0.3) is 0 Å². The van der Waals surface area contributed by atoms with E-state index in [0.717, 1.165) is 18.0 Å². The molecule has 0 bridgehead atoms. The number of benzene rings is 1. The van der Waals surface area contributed by atoms with Gasteiger partial charge in [-0.2, -0.15) is 0 Å². The topological polar surface area (TPSA) is 12.0 Å². The second kappa shape index (κ2) is 5.15. The van der Waals surface area contributed by atoms with Crippen molar-refractivity contribution in [3.8, 4) is 0 Å². The largest absolute Gasteiger partial charge is 0.310 e. The molecule has 0 spiro atoms. The van der Waals surface area contributed by atoms with Gasteiger partial charge in [0.15, 0.2) is 0 Å². The molecule has 1 N–H and O–H groups in total. The van der Waals surface area contributed by atoms with E-state index in [4.69, 9.17) is 11.6 Å². The molecule has 1 unspecified atom stereocenters. The van der Waals surface area contributed by atoms with Crippen LogP contribution in [0.15, 0.2) is 18.2 Å². The molecule has 0 radical (unpaired) electrons. The van der Waals surface area contributed by atoms with Crippen LogP contribution in [-0.2, 0) is 6.54 Å². The second-order valence-corrected chi connectivity index (χ2v) is 5.00. The summed E-state index contributed by atoms with van der Waals surface area (Å²) < 4.78 is 12.8. The summed E-state index contributed by atoms with van der Waals surface area (Å²) in [7, 11) is 0. The van der Waals surface area contributed by atoms with Crippen molar-refractivity contribution < 1.29 is 4.39 Å². The van der Waals surface area contributed by atoms with Crippen LogP contribution in [-0.4, -0.2) is 6.04 Å². The average Bonchev–Trinajstić information content (AvgIpc) is 2.13. The molecule has 16 heavy (non-hydrogen) atoms. The predicted octanol–water partition coefficient (Wildman–Crippen LogP) is 3.76. The van der Waals surface area contributed by atoms with Crippen molar-refractivity contribution in [3.63, 3.8) is 0 Å².